The highest BCUT2D eigenvalue weighted by Gasteiger charge is 2.13. The Morgan fingerprint density at radius 1 is 1.35 bits per heavy atom. The molecule has 0 aliphatic heterocycles. The molecule has 7 nitrogen and oxygen atoms in total. The van der Waals surface area contributed by atoms with Gasteiger partial charge in [-0.15, -0.1) is 0 Å². The zero-order valence-electron chi connectivity index (χ0n) is 11.0. The Bertz CT molecular complexity index is 584. The third-order valence-electron chi connectivity index (χ3n) is 2.17. The molecule has 110 valence electrons. The number of carbonyl (C=O) groups is 1. The quantitative estimate of drug-likeness (QED) is 0.557. The van der Waals surface area contributed by atoms with E-state index in [-0.39, 0.29) is 5.82 Å². The van der Waals surface area contributed by atoms with E-state index in [4.69, 9.17) is 0 Å². The first-order valence-corrected chi connectivity index (χ1v) is 7.00. The Hall–Kier alpha value is -1.84. The lowest BCUT2D eigenvalue weighted by molar-refractivity contribution is -0.119. The Kier molecular flexibility index (Phi) is 5.74. The maximum atomic E-state index is 12.6. The van der Waals surface area contributed by atoms with Crippen LogP contribution < -0.4 is 10.1 Å². The van der Waals surface area contributed by atoms with E-state index in [9.17, 15) is 17.6 Å². The minimum Gasteiger partial charge on any atom is -0.272 e. The van der Waals surface area contributed by atoms with Crippen LogP contribution in [0.3, 0.4) is 0 Å². The van der Waals surface area contributed by atoms with E-state index in [1.54, 1.807) is 0 Å². The van der Waals surface area contributed by atoms with Gasteiger partial charge in [0.05, 0.1) is 12.8 Å². The van der Waals surface area contributed by atoms with Crippen molar-refractivity contribution in [2.45, 2.75) is 0 Å². The molecule has 1 amide bonds. The van der Waals surface area contributed by atoms with Gasteiger partial charge in [0.15, 0.2) is 0 Å². The van der Waals surface area contributed by atoms with Crippen molar-refractivity contribution in [3.8, 4) is 0 Å². The third kappa shape index (κ3) is 5.43. The van der Waals surface area contributed by atoms with E-state index in [2.05, 4.69) is 15.2 Å². The molecule has 1 aromatic carbocycles. The van der Waals surface area contributed by atoms with Crippen LogP contribution in [-0.2, 0) is 15.0 Å². The summed E-state index contributed by atoms with van der Waals surface area (Å²) in [5, 5.41) is 3.62. The molecule has 2 N–H and O–H groups in total. The Morgan fingerprint density at radius 3 is 2.50 bits per heavy atom. The van der Waals surface area contributed by atoms with Crippen molar-refractivity contribution >= 4 is 22.3 Å². The molecule has 0 heterocycles. The molecule has 1 aromatic rings. The largest absolute Gasteiger partial charge is 0.279 e. The van der Waals surface area contributed by atoms with E-state index in [1.807, 2.05) is 0 Å². The van der Waals surface area contributed by atoms with Crippen LogP contribution in [0.25, 0.3) is 0 Å². The topological polar surface area (TPSA) is 90.9 Å². The normalized spacial score (nSPS) is 12.0. The summed E-state index contributed by atoms with van der Waals surface area (Å²) in [7, 11) is -0.966. The van der Waals surface area contributed by atoms with Crippen molar-refractivity contribution in [3.05, 3.63) is 35.6 Å². The second kappa shape index (κ2) is 7.08. The summed E-state index contributed by atoms with van der Waals surface area (Å²) in [4.78, 5) is 11.3. The van der Waals surface area contributed by atoms with Gasteiger partial charge < -0.3 is 0 Å². The minimum absolute atomic E-state index is 0.371. The fourth-order valence-corrected chi connectivity index (χ4v) is 1.62. The van der Waals surface area contributed by atoms with Crippen molar-refractivity contribution in [1.82, 2.24) is 14.5 Å². The lowest BCUT2D eigenvalue weighted by atomic mass is 10.2. The van der Waals surface area contributed by atoms with Crippen LogP contribution in [0, 0.1) is 5.82 Å². The highest BCUT2D eigenvalue weighted by Crippen LogP contribution is 1.99. The van der Waals surface area contributed by atoms with Crippen molar-refractivity contribution in [2.24, 2.45) is 5.10 Å². The molecule has 0 unspecified atom stereocenters. The average Bonchev–Trinajstić information content (AvgIpc) is 2.39. The fraction of sp³-hybridized carbons (Fsp3) is 0.273. The second-order valence-electron chi connectivity index (χ2n) is 3.95. The predicted octanol–water partition coefficient (Wildman–Crippen LogP) is -0.328. The highest BCUT2D eigenvalue weighted by molar-refractivity contribution is 7.87. The molecule has 0 aromatic heterocycles. The standard InChI is InChI=1S/C11H15FN4O3S/c1-16(2)20(18,19)14-8-11(17)15-13-7-9-3-5-10(12)6-4-9/h3-7,14H,8H2,1-2H3,(H,15,17)/b13-7-. The van der Waals surface area contributed by atoms with Crippen LogP contribution in [-0.4, -0.2) is 45.5 Å². The average molecular weight is 302 g/mol. The molecule has 9 heteroatoms. The maximum absolute atomic E-state index is 12.6. The van der Waals surface area contributed by atoms with Gasteiger partial charge in [-0.2, -0.15) is 22.5 Å². The van der Waals surface area contributed by atoms with Crippen LogP contribution in [0.2, 0.25) is 0 Å². The van der Waals surface area contributed by atoms with Gasteiger partial charge in [0, 0.05) is 14.1 Å². The van der Waals surface area contributed by atoms with Crippen LogP contribution in [0.1, 0.15) is 5.56 Å². The van der Waals surface area contributed by atoms with Gasteiger partial charge in [-0.25, -0.2) is 9.82 Å². The van der Waals surface area contributed by atoms with Crippen molar-refractivity contribution in [2.75, 3.05) is 20.6 Å². The summed E-state index contributed by atoms with van der Waals surface area (Å²) in [6.07, 6.45) is 1.32. The van der Waals surface area contributed by atoms with Gasteiger partial charge in [-0.1, -0.05) is 12.1 Å². The number of nitrogens with zero attached hydrogens (tertiary/aromatic N) is 2. The van der Waals surface area contributed by atoms with Crippen LogP contribution >= 0.6 is 0 Å². The third-order valence-corrected chi connectivity index (χ3v) is 3.64. The fourth-order valence-electron chi connectivity index (χ4n) is 1.05. The van der Waals surface area contributed by atoms with Crippen molar-refractivity contribution < 1.29 is 17.6 Å². The number of hydrogen-bond donors (Lipinski definition) is 2. The Labute approximate surface area is 116 Å². The summed E-state index contributed by atoms with van der Waals surface area (Å²) in [5.74, 6) is -0.988. The van der Waals surface area contributed by atoms with E-state index < -0.39 is 22.7 Å². The van der Waals surface area contributed by atoms with Crippen molar-refractivity contribution in [3.63, 3.8) is 0 Å². The first kappa shape index (κ1) is 16.2. The molecule has 0 aliphatic carbocycles. The Morgan fingerprint density at radius 2 is 1.95 bits per heavy atom. The van der Waals surface area contributed by atoms with Crippen LogP contribution in [0.15, 0.2) is 29.4 Å². The summed E-state index contributed by atoms with van der Waals surface area (Å²) in [5.41, 5.74) is 2.75. The van der Waals surface area contributed by atoms with Gasteiger partial charge in [-0.05, 0) is 17.7 Å². The first-order valence-electron chi connectivity index (χ1n) is 5.56. The number of carbonyl (C=O) groups excluding carboxylic acids is 1. The van der Waals surface area contributed by atoms with Crippen LogP contribution in [0.5, 0.6) is 0 Å². The zero-order valence-corrected chi connectivity index (χ0v) is 11.8. The summed E-state index contributed by atoms with van der Waals surface area (Å²) in [6.45, 7) is -0.429. The molecule has 0 saturated heterocycles. The maximum Gasteiger partial charge on any atom is 0.279 e. The van der Waals surface area contributed by atoms with Gasteiger partial charge in [0.2, 0.25) is 0 Å². The number of amides is 1. The lowest BCUT2D eigenvalue weighted by Crippen LogP contribution is -2.41. The molecule has 0 aliphatic rings. The number of rotatable bonds is 6. The number of halogens is 1. The summed E-state index contributed by atoms with van der Waals surface area (Å²) >= 11 is 0. The molecule has 0 spiro atoms. The summed E-state index contributed by atoms with van der Waals surface area (Å²) in [6, 6.07) is 5.49. The Balaban J connectivity index is 2.42. The molecule has 0 fully saturated rings. The molecule has 1 rings (SSSR count). The first-order chi connectivity index (χ1) is 9.31. The molecule has 0 atom stereocenters. The molecule has 0 bridgehead atoms. The zero-order chi connectivity index (χ0) is 15.2. The van der Waals surface area contributed by atoms with Gasteiger partial charge in [0.1, 0.15) is 5.82 Å². The van der Waals surface area contributed by atoms with E-state index >= 15 is 0 Å². The van der Waals surface area contributed by atoms with Crippen LogP contribution in [0.4, 0.5) is 4.39 Å². The number of hydrogen-bond acceptors (Lipinski definition) is 4. The molecule has 0 saturated carbocycles. The van der Waals surface area contributed by atoms with Gasteiger partial charge in [-0.3, -0.25) is 4.79 Å². The highest BCUT2D eigenvalue weighted by atomic mass is 32.2. The van der Waals surface area contributed by atoms with E-state index in [0.717, 1.165) is 4.31 Å². The smallest absolute Gasteiger partial charge is 0.272 e. The van der Waals surface area contributed by atoms with Gasteiger partial charge in [0.25, 0.3) is 16.1 Å². The predicted molar refractivity (Wildman–Crippen MR) is 72.7 cm³/mol. The molecule has 20 heavy (non-hydrogen) atoms. The molecule has 0 radical (unpaired) electrons. The molecular weight excluding hydrogens is 287 g/mol. The second-order valence-corrected chi connectivity index (χ2v) is 5.92. The SMILES string of the molecule is CN(C)S(=O)(=O)NCC(=O)N/N=C\c1ccc(F)cc1. The van der Waals surface area contributed by atoms with Crippen molar-refractivity contribution in [1.29, 1.82) is 0 Å². The van der Waals surface area contributed by atoms with E-state index in [0.29, 0.717) is 5.56 Å². The number of hydrazone groups is 1. The monoisotopic (exact) mass is 302 g/mol. The van der Waals surface area contributed by atoms with E-state index in [1.165, 1.54) is 44.6 Å². The minimum atomic E-state index is -3.65. The number of benzene rings is 1. The summed E-state index contributed by atoms with van der Waals surface area (Å²) < 4.78 is 38.3. The van der Waals surface area contributed by atoms with Gasteiger partial charge >= 0.3 is 0 Å². The lowest BCUT2D eigenvalue weighted by Gasteiger charge is -2.11. The number of nitrogens with one attached hydrogen (secondary N) is 2. The molecular formula is C11H15FN4O3S.